The van der Waals surface area contributed by atoms with Gasteiger partial charge in [-0.25, -0.2) is 0 Å². The Kier molecular flexibility index (Phi) is 5.65. The van der Waals surface area contributed by atoms with Crippen molar-refractivity contribution in [3.63, 3.8) is 0 Å². The number of rotatable bonds is 3. The molecular formula is C18H24ClN3. The third-order valence-electron chi connectivity index (χ3n) is 4.44. The molecule has 1 aliphatic carbocycles. The van der Waals surface area contributed by atoms with Gasteiger partial charge in [0, 0.05) is 38.3 Å². The normalized spacial score (nSPS) is 29.5. The minimum absolute atomic E-state index is 0.129. The molecule has 2 aliphatic rings. The molecule has 3 atom stereocenters. The number of nitrogens with zero attached hydrogens (tertiary/aromatic N) is 2. The maximum atomic E-state index is 6.22. The fourth-order valence-corrected chi connectivity index (χ4v) is 3.55. The summed E-state index contributed by atoms with van der Waals surface area (Å²) >= 11 is 6.22. The Morgan fingerprint density at radius 3 is 2.73 bits per heavy atom. The summed E-state index contributed by atoms with van der Waals surface area (Å²) in [5.41, 5.74) is 1.18. The average molecular weight is 318 g/mol. The number of pyridine rings is 1. The van der Waals surface area contributed by atoms with Crippen molar-refractivity contribution in [3.05, 3.63) is 54.4 Å². The van der Waals surface area contributed by atoms with Crippen molar-refractivity contribution < 1.29 is 0 Å². The zero-order valence-electron chi connectivity index (χ0n) is 12.9. The van der Waals surface area contributed by atoms with E-state index in [1.165, 1.54) is 5.69 Å². The first-order valence-electron chi connectivity index (χ1n) is 8.17. The summed E-state index contributed by atoms with van der Waals surface area (Å²) in [6, 6.07) is 6.59. The van der Waals surface area contributed by atoms with Crippen molar-refractivity contribution in [3.8, 4) is 0 Å². The summed E-state index contributed by atoms with van der Waals surface area (Å²) in [6.07, 6.45) is 12.8. The topological polar surface area (TPSA) is 28.2 Å². The van der Waals surface area contributed by atoms with E-state index in [0.29, 0.717) is 12.0 Å². The maximum absolute atomic E-state index is 6.22. The number of alkyl halides is 1. The first-order valence-corrected chi connectivity index (χ1v) is 8.61. The van der Waals surface area contributed by atoms with E-state index in [1.54, 1.807) is 0 Å². The molecule has 1 N–H and O–H groups in total. The fraction of sp³-hybridized carbons (Fsp3) is 0.500. The van der Waals surface area contributed by atoms with E-state index in [9.17, 15) is 0 Å². The van der Waals surface area contributed by atoms with Gasteiger partial charge in [-0.3, -0.25) is 9.88 Å². The van der Waals surface area contributed by atoms with E-state index in [0.717, 1.165) is 39.0 Å². The zero-order chi connectivity index (χ0) is 15.2. The van der Waals surface area contributed by atoms with E-state index < -0.39 is 0 Å². The Balaban J connectivity index is 1.85. The molecule has 0 amide bonds. The van der Waals surface area contributed by atoms with Crippen molar-refractivity contribution in [2.24, 2.45) is 5.92 Å². The lowest BCUT2D eigenvalue weighted by atomic mass is 9.89. The number of halogens is 1. The van der Waals surface area contributed by atoms with Gasteiger partial charge in [-0.2, -0.15) is 0 Å². The summed E-state index contributed by atoms with van der Waals surface area (Å²) in [7, 11) is 0. The Morgan fingerprint density at radius 2 is 1.95 bits per heavy atom. The van der Waals surface area contributed by atoms with Gasteiger partial charge in [0.1, 0.15) is 0 Å². The van der Waals surface area contributed by atoms with Crippen LogP contribution in [0.2, 0.25) is 0 Å². The minimum atomic E-state index is 0.129. The Bertz CT molecular complexity index is 508. The van der Waals surface area contributed by atoms with Crippen LogP contribution < -0.4 is 5.32 Å². The highest BCUT2D eigenvalue weighted by Gasteiger charge is 2.29. The van der Waals surface area contributed by atoms with Gasteiger partial charge >= 0.3 is 0 Å². The second-order valence-corrected chi connectivity index (χ2v) is 6.55. The highest BCUT2D eigenvalue weighted by molar-refractivity contribution is 6.21. The molecule has 2 heterocycles. The molecule has 3 rings (SSSR count). The Hall–Kier alpha value is -1.16. The molecule has 22 heavy (non-hydrogen) atoms. The molecule has 4 heteroatoms. The smallest absolute Gasteiger partial charge is 0.0587 e. The second-order valence-electron chi connectivity index (χ2n) is 5.99. The average Bonchev–Trinajstić information content (AvgIpc) is 2.54. The zero-order valence-corrected chi connectivity index (χ0v) is 13.6. The lowest BCUT2D eigenvalue weighted by Gasteiger charge is -2.38. The van der Waals surface area contributed by atoms with Crippen molar-refractivity contribution in [2.45, 2.75) is 24.3 Å². The minimum Gasteiger partial charge on any atom is -0.314 e. The molecule has 118 valence electrons. The van der Waals surface area contributed by atoms with Crippen molar-refractivity contribution in [1.29, 1.82) is 0 Å². The fourth-order valence-electron chi connectivity index (χ4n) is 3.35. The van der Waals surface area contributed by atoms with Gasteiger partial charge in [-0.05, 0) is 25.0 Å². The number of piperazine rings is 1. The molecule has 1 saturated heterocycles. The number of hydrogen-bond acceptors (Lipinski definition) is 3. The van der Waals surface area contributed by atoms with Gasteiger partial charge in [-0.1, -0.05) is 30.4 Å². The van der Waals surface area contributed by atoms with E-state index in [2.05, 4.69) is 51.6 Å². The number of nitrogens with one attached hydrogen (secondary N) is 1. The largest absolute Gasteiger partial charge is 0.314 e. The molecule has 0 aromatic carbocycles. The molecule has 1 aromatic rings. The predicted octanol–water partition coefficient (Wildman–Crippen LogP) is 3.16. The van der Waals surface area contributed by atoms with Crippen LogP contribution in [0.15, 0.2) is 48.7 Å². The van der Waals surface area contributed by atoms with Gasteiger partial charge in [0.25, 0.3) is 0 Å². The number of aromatic nitrogens is 1. The van der Waals surface area contributed by atoms with E-state index in [4.69, 9.17) is 11.6 Å². The Labute approximate surface area is 138 Å². The highest BCUT2D eigenvalue weighted by Crippen LogP contribution is 2.32. The molecule has 3 unspecified atom stereocenters. The van der Waals surface area contributed by atoms with Crippen molar-refractivity contribution in [1.82, 2.24) is 15.2 Å². The summed E-state index contributed by atoms with van der Waals surface area (Å²) in [6.45, 7) is 4.26. The van der Waals surface area contributed by atoms with Gasteiger partial charge < -0.3 is 5.32 Å². The lowest BCUT2D eigenvalue weighted by Crippen LogP contribution is -2.47. The van der Waals surface area contributed by atoms with Gasteiger partial charge in [0.05, 0.1) is 17.1 Å². The van der Waals surface area contributed by atoms with E-state index >= 15 is 0 Å². The second kappa shape index (κ2) is 7.91. The van der Waals surface area contributed by atoms with E-state index in [-0.39, 0.29) is 5.38 Å². The first-order chi connectivity index (χ1) is 10.8. The summed E-state index contributed by atoms with van der Waals surface area (Å²) < 4.78 is 0. The van der Waals surface area contributed by atoms with Crippen LogP contribution in [0.4, 0.5) is 0 Å². The molecule has 3 nitrogen and oxygen atoms in total. The molecule has 1 fully saturated rings. The SMILES string of the molecule is ClC1C=CCC(C(c2ccccn2)N2CCNCC2)/C=C/C1. The highest BCUT2D eigenvalue weighted by atomic mass is 35.5. The monoisotopic (exact) mass is 317 g/mol. The number of hydrogen-bond donors (Lipinski definition) is 1. The predicted molar refractivity (Wildman–Crippen MR) is 92.1 cm³/mol. The Morgan fingerprint density at radius 1 is 1.14 bits per heavy atom. The third kappa shape index (κ3) is 3.97. The third-order valence-corrected chi connectivity index (χ3v) is 4.76. The number of allylic oxidation sites excluding steroid dienone is 3. The maximum Gasteiger partial charge on any atom is 0.0587 e. The van der Waals surface area contributed by atoms with Crippen molar-refractivity contribution >= 4 is 11.6 Å². The molecular weight excluding hydrogens is 294 g/mol. The van der Waals surface area contributed by atoms with E-state index in [1.807, 2.05) is 12.3 Å². The summed E-state index contributed by atoms with van der Waals surface area (Å²) in [5, 5.41) is 3.57. The molecule has 0 spiro atoms. The standard InChI is InChI=1S/C18H24ClN3/c19-16-7-3-5-15(6-4-8-16)18(17-9-1-2-10-21-17)22-13-11-20-12-14-22/h1-5,8-10,15-16,18,20H,6-7,11-14H2/b5-3+,8-4?. The quantitative estimate of drug-likeness (QED) is 0.685. The van der Waals surface area contributed by atoms with Crippen molar-refractivity contribution in [2.75, 3.05) is 26.2 Å². The van der Waals surface area contributed by atoms with Crippen LogP contribution in [0.1, 0.15) is 24.6 Å². The van der Waals surface area contributed by atoms with Crippen LogP contribution in [0.5, 0.6) is 0 Å². The van der Waals surface area contributed by atoms with Gasteiger partial charge in [-0.15, -0.1) is 11.6 Å². The summed E-state index contributed by atoms with van der Waals surface area (Å²) in [4.78, 5) is 7.22. The molecule has 0 radical (unpaired) electrons. The summed E-state index contributed by atoms with van der Waals surface area (Å²) in [5.74, 6) is 0.452. The van der Waals surface area contributed by atoms with Gasteiger partial charge in [0.15, 0.2) is 0 Å². The molecule has 1 aliphatic heterocycles. The molecule has 0 saturated carbocycles. The van der Waals surface area contributed by atoms with Crippen LogP contribution in [-0.2, 0) is 0 Å². The first kappa shape index (κ1) is 15.7. The van der Waals surface area contributed by atoms with Crippen LogP contribution in [0.3, 0.4) is 0 Å². The van der Waals surface area contributed by atoms with Crippen LogP contribution in [-0.4, -0.2) is 41.4 Å². The lowest BCUT2D eigenvalue weighted by molar-refractivity contribution is 0.138. The van der Waals surface area contributed by atoms with Crippen LogP contribution in [0, 0.1) is 5.92 Å². The van der Waals surface area contributed by atoms with Crippen LogP contribution >= 0.6 is 11.6 Å². The van der Waals surface area contributed by atoms with Gasteiger partial charge in [0.2, 0.25) is 0 Å². The molecule has 0 bridgehead atoms. The van der Waals surface area contributed by atoms with Crippen LogP contribution in [0.25, 0.3) is 0 Å². The molecule has 1 aromatic heterocycles.